The van der Waals surface area contributed by atoms with E-state index < -0.39 is 0 Å². The molecule has 39 heavy (non-hydrogen) atoms. The van der Waals surface area contributed by atoms with Crippen LogP contribution in [0.5, 0.6) is 11.5 Å². The summed E-state index contributed by atoms with van der Waals surface area (Å²) in [5, 5.41) is 6.72. The Morgan fingerprint density at radius 3 is 2.72 bits per heavy atom. The highest BCUT2D eigenvalue weighted by Gasteiger charge is 2.14. The van der Waals surface area contributed by atoms with Gasteiger partial charge in [0.2, 0.25) is 11.9 Å². The number of hydrogen-bond donors (Lipinski definition) is 2. The fourth-order valence-corrected chi connectivity index (χ4v) is 3.95. The van der Waals surface area contributed by atoms with Crippen molar-refractivity contribution in [3.63, 3.8) is 0 Å². The first kappa shape index (κ1) is 27.3. The molecule has 2 aromatic carbocycles. The minimum absolute atomic E-state index is 0.251. The lowest BCUT2D eigenvalue weighted by Gasteiger charge is -2.15. The lowest BCUT2D eigenvalue weighted by atomic mass is 10.2. The quantitative estimate of drug-likeness (QED) is 0.293. The number of fused-ring (bicyclic) bond motifs is 1. The van der Waals surface area contributed by atoms with E-state index in [0.717, 1.165) is 17.5 Å². The van der Waals surface area contributed by atoms with Crippen molar-refractivity contribution in [1.29, 1.82) is 0 Å². The number of nitrogens with zero attached hydrogens (tertiary/aromatic N) is 4. The van der Waals surface area contributed by atoms with Gasteiger partial charge in [0.05, 0.1) is 18.5 Å². The molecule has 0 fully saturated rings. The molecule has 202 valence electrons. The van der Waals surface area contributed by atoms with E-state index in [1.807, 2.05) is 38.1 Å². The molecule has 4 rings (SSSR count). The number of carbonyl (C=O) groups excluding carboxylic acids is 1. The molecule has 2 heterocycles. The van der Waals surface area contributed by atoms with Gasteiger partial charge in [0.15, 0.2) is 5.65 Å². The molecule has 4 aromatic rings. The highest BCUT2D eigenvalue weighted by atomic mass is 16.5. The zero-order valence-electron chi connectivity index (χ0n) is 22.7. The second-order valence-electron chi connectivity index (χ2n) is 9.11. The number of allylic oxidation sites excluding steroid dienone is 1. The van der Waals surface area contributed by atoms with E-state index in [2.05, 4.69) is 15.6 Å². The van der Waals surface area contributed by atoms with Crippen LogP contribution in [0.25, 0.3) is 16.7 Å². The highest BCUT2D eigenvalue weighted by Crippen LogP contribution is 2.31. The van der Waals surface area contributed by atoms with Gasteiger partial charge in [-0.15, -0.1) is 0 Å². The van der Waals surface area contributed by atoms with Crippen molar-refractivity contribution >= 4 is 34.3 Å². The second-order valence-corrected chi connectivity index (χ2v) is 9.11. The van der Waals surface area contributed by atoms with Gasteiger partial charge in [0.25, 0.3) is 5.56 Å². The summed E-state index contributed by atoms with van der Waals surface area (Å²) < 4.78 is 12.9. The van der Waals surface area contributed by atoms with Crippen molar-refractivity contribution in [3.8, 4) is 17.2 Å². The predicted molar refractivity (Wildman–Crippen MR) is 154 cm³/mol. The zero-order chi connectivity index (χ0) is 27.9. The summed E-state index contributed by atoms with van der Waals surface area (Å²) in [4.78, 5) is 36.4. The molecule has 0 spiro atoms. The van der Waals surface area contributed by atoms with Gasteiger partial charge in [-0.2, -0.15) is 4.98 Å². The average molecular weight is 529 g/mol. The standard InChI is InChI=1S/C29H32N6O4/c1-6-8-26(36)31-20-9-7-10-21(16-20)35-27(37)15-19(2)23-18-30-29(33-28(23)35)32-24-12-11-22(17-25(24)38-5)39-14-13-34(3)4/h6-12,15-18H,13-14H2,1-5H3,(H,31,36)(H,30,32,33). The second kappa shape index (κ2) is 12.2. The zero-order valence-corrected chi connectivity index (χ0v) is 22.7. The van der Waals surface area contributed by atoms with Crippen molar-refractivity contribution in [3.05, 3.63) is 82.8 Å². The van der Waals surface area contributed by atoms with Crippen LogP contribution in [-0.2, 0) is 4.79 Å². The third kappa shape index (κ3) is 6.60. The number of benzene rings is 2. The lowest BCUT2D eigenvalue weighted by molar-refractivity contribution is -0.111. The van der Waals surface area contributed by atoms with E-state index >= 15 is 0 Å². The Bertz CT molecular complexity index is 1580. The molecule has 0 unspecified atom stereocenters. The van der Waals surface area contributed by atoms with E-state index in [1.54, 1.807) is 62.7 Å². The molecule has 1 amide bonds. The Morgan fingerprint density at radius 1 is 1.15 bits per heavy atom. The van der Waals surface area contributed by atoms with Crippen LogP contribution in [0, 0.1) is 6.92 Å². The van der Waals surface area contributed by atoms with Crippen LogP contribution in [0.4, 0.5) is 17.3 Å². The van der Waals surface area contributed by atoms with Crippen molar-refractivity contribution in [2.75, 3.05) is 45.0 Å². The van der Waals surface area contributed by atoms with Crippen molar-refractivity contribution in [2.24, 2.45) is 0 Å². The molecule has 0 aliphatic carbocycles. The number of pyridine rings is 1. The minimum atomic E-state index is -0.257. The fraction of sp³-hybridized carbons (Fsp3) is 0.241. The number of ether oxygens (including phenoxy) is 2. The van der Waals surface area contributed by atoms with Crippen LogP contribution in [0.3, 0.4) is 0 Å². The number of aromatic nitrogens is 3. The first-order chi connectivity index (χ1) is 18.8. The van der Waals surface area contributed by atoms with Gasteiger partial charge in [0, 0.05) is 35.9 Å². The normalized spacial score (nSPS) is 11.2. The Kier molecular flexibility index (Phi) is 8.57. The molecule has 0 aliphatic heterocycles. The van der Waals surface area contributed by atoms with Crippen molar-refractivity contribution < 1.29 is 14.3 Å². The molecule has 0 aliphatic rings. The van der Waals surface area contributed by atoms with E-state index in [4.69, 9.17) is 14.5 Å². The van der Waals surface area contributed by atoms with Crippen molar-refractivity contribution in [2.45, 2.75) is 13.8 Å². The van der Waals surface area contributed by atoms with E-state index in [1.165, 1.54) is 10.6 Å². The Morgan fingerprint density at radius 2 is 1.97 bits per heavy atom. The van der Waals surface area contributed by atoms with Crippen LogP contribution in [0.2, 0.25) is 0 Å². The SMILES string of the molecule is CC=CC(=O)Nc1cccc(-n2c(=O)cc(C)c3cnc(Nc4ccc(OCCN(C)C)cc4OC)nc32)c1. The van der Waals surface area contributed by atoms with Gasteiger partial charge in [-0.3, -0.25) is 14.2 Å². The smallest absolute Gasteiger partial charge is 0.257 e. The van der Waals surface area contributed by atoms with E-state index in [9.17, 15) is 9.59 Å². The van der Waals surface area contributed by atoms with E-state index in [0.29, 0.717) is 46.8 Å². The fourth-order valence-electron chi connectivity index (χ4n) is 3.95. The molecule has 0 saturated carbocycles. The number of methoxy groups -OCH3 is 1. The van der Waals surface area contributed by atoms with Gasteiger partial charge in [0.1, 0.15) is 18.1 Å². The third-order valence-electron chi connectivity index (χ3n) is 5.88. The van der Waals surface area contributed by atoms with Gasteiger partial charge in [-0.25, -0.2) is 4.98 Å². The topological polar surface area (TPSA) is 111 Å². The predicted octanol–water partition coefficient (Wildman–Crippen LogP) is 4.30. The summed E-state index contributed by atoms with van der Waals surface area (Å²) in [7, 11) is 5.55. The molecular weight excluding hydrogens is 496 g/mol. The van der Waals surface area contributed by atoms with Gasteiger partial charge in [-0.05, 0) is 69.9 Å². The van der Waals surface area contributed by atoms with Crippen LogP contribution in [0.1, 0.15) is 12.5 Å². The summed E-state index contributed by atoms with van der Waals surface area (Å²) in [6.45, 7) is 4.95. The number of likely N-dealkylation sites (N-methyl/N-ethyl adjacent to an activating group) is 1. The summed E-state index contributed by atoms with van der Waals surface area (Å²) >= 11 is 0. The van der Waals surface area contributed by atoms with Crippen molar-refractivity contribution in [1.82, 2.24) is 19.4 Å². The summed E-state index contributed by atoms with van der Waals surface area (Å²) in [6.07, 6.45) is 4.77. The highest BCUT2D eigenvalue weighted by molar-refractivity contribution is 5.99. The third-order valence-corrected chi connectivity index (χ3v) is 5.88. The van der Waals surface area contributed by atoms with Gasteiger partial charge >= 0.3 is 0 Å². The number of anilines is 3. The number of nitrogens with one attached hydrogen (secondary N) is 2. The molecule has 0 saturated heterocycles. The number of aryl methyl sites for hydroxylation is 1. The Balaban J connectivity index is 1.70. The number of carbonyl (C=O) groups is 1. The number of amides is 1. The molecule has 0 radical (unpaired) electrons. The first-order valence-corrected chi connectivity index (χ1v) is 12.4. The largest absolute Gasteiger partial charge is 0.494 e. The molecule has 10 nitrogen and oxygen atoms in total. The maximum Gasteiger partial charge on any atom is 0.257 e. The minimum Gasteiger partial charge on any atom is -0.494 e. The molecular formula is C29H32N6O4. The molecule has 2 aromatic heterocycles. The van der Waals surface area contributed by atoms with Gasteiger partial charge < -0.3 is 25.0 Å². The van der Waals surface area contributed by atoms with E-state index in [-0.39, 0.29) is 11.5 Å². The summed E-state index contributed by atoms with van der Waals surface area (Å²) in [5.74, 6) is 1.28. The number of hydrogen-bond acceptors (Lipinski definition) is 8. The maximum atomic E-state index is 13.2. The monoisotopic (exact) mass is 528 g/mol. The summed E-state index contributed by atoms with van der Waals surface area (Å²) in [6, 6.07) is 14.1. The Hall–Kier alpha value is -4.70. The first-order valence-electron chi connectivity index (χ1n) is 12.4. The molecule has 0 bridgehead atoms. The Labute approximate surface area is 226 Å². The van der Waals surface area contributed by atoms with Crippen LogP contribution >= 0.6 is 0 Å². The molecule has 0 atom stereocenters. The van der Waals surface area contributed by atoms with Gasteiger partial charge in [-0.1, -0.05) is 12.1 Å². The summed E-state index contributed by atoms with van der Waals surface area (Å²) in [5.41, 5.74) is 2.70. The number of rotatable bonds is 10. The average Bonchev–Trinajstić information content (AvgIpc) is 2.89. The van der Waals surface area contributed by atoms with Crippen LogP contribution < -0.4 is 25.7 Å². The van der Waals surface area contributed by atoms with Crippen LogP contribution in [0.15, 0.2) is 71.7 Å². The lowest BCUT2D eigenvalue weighted by Crippen LogP contribution is -2.20. The molecule has 2 N–H and O–H groups in total. The van der Waals surface area contributed by atoms with Crippen LogP contribution in [-0.4, -0.2) is 59.7 Å². The molecule has 10 heteroatoms. The maximum absolute atomic E-state index is 13.2.